The summed E-state index contributed by atoms with van der Waals surface area (Å²) in [5.41, 5.74) is 8.56. The van der Waals surface area contributed by atoms with Crippen molar-refractivity contribution >= 4 is 24.8 Å². The Labute approximate surface area is 108 Å². The summed E-state index contributed by atoms with van der Waals surface area (Å²) in [5, 5.41) is 0. The van der Waals surface area contributed by atoms with E-state index < -0.39 is 0 Å². The molecule has 0 amide bonds. The van der Waals surface area contributed by atoms with E-state index in [1.165, 1.54) is 0 Å². The molecule has 2 nitrogen and oxygen atoms in total. The maximum atomic E-state index is 5.53. The van der Waals surface area contributed by atoms with Crippen LogP contribution in [0.3, 0.4) is 0 Å². The SMILES string of the molecule is Cl.Cl.NCc1cccc(-c2ccccc2)n1. The highest BCUT2D eigenvalue weighted by atomic mass is 35.5. The Bertz CT molecular complexity index is 418. The van der Waals surface area contributed by atoms with Gasteiger partial charge in [-0.05, 0) is 12.1 Å². The molecule has 16 heavy (non-hydrogen) atoms. The quantitative estimate of drug-likeness (QED) is 0.898. The zero-order valence-corrected chi connectivity index (χ0v) is 10.3. The number of pyridine rings is 1. The zero-order valence-electron chi connectivity index (χ0n) is 8.67. The van der Waals surface area contributed by atoms with E-state index in [-0.39, 0.29) is 24.8 Å². The minimum Gasteiger partial charge on any atom is -0.325 e. The van der Waals surface area contributed by atoms with Crippen LogP contribution in [-0.2, 0) is 6.54 Å². The van der Waals surface area contributed by atoms with Gasteiger partial charge in [-0.1, -0.05) is 36.4 Å². The minimum atomic E-state index is 0. The topological polar surface area (TPSA) is 38.9 Å². The summed E-state index contributed by atoms with van der Waals surface area (Å²) in [5.74, 6) is 0. The Kier molecular flexibility index (Phi) is 6.74. The summed E-state index contributed by atoms with van der Waals surface area (Å²) < 4.78 is 0. The van der Waals surface area contributed by atoms with Crippen molar-refractivity contribution in [3.63, 3.8) is 0 Å². The van der Waals surface area contributed by atoms with E-state index in [4.69, 9.17) is 5.73 Å². The minimum absolute atomic E-state index is 0. The molecule has 86 valence electrons. The lowest BCUT2D eigenvalue weighted by Gasteiger charge is -2.02. The first-order valence-corrected chi connectivity index (χ1v) is 4.61. The third-order valence-corrected chi connectivity index (χ3v) is 2.09. The normalized spacial score (nSPS) is 8.81. The molecule has 2 aromatic rings. The van der Waals surface area contributed by atoms with Crippen LogP contribution in [0.2, 0.25) is 0 Å². The van der Waals surface area contributed by atoms with Crippen LogP contribution in [0.25, 0.3) is 11.3 Å². The number of benzene rings is 1. The van der Waals surface area contributed by atoms with Crippen molar-refractivity contribution in [3.8, 4) is 11.3 Å². The molecule has 0 spiro atoms. The molecule has 0 saturated heterocycles. The molecule has 0 aliphatic carbocycles. The highest BCUT2D eigenvalue weighted by Gasteiger charge is 1.98. The first kappa shape index (κ1) is 14.9. The van der Waals surface area contributed by atoms with Crippen molar-refractivity contribution in [2.45, 2.75) is 6.54 Å². The van der Waals surface area contributed by atoms with Crippen LogP contribution in [0, 0.1) is 0 Å². The number of rotatable bonds is 2. The van der Waals surface area contributed by atoms with Crippen molar-refractivity contribution < 1.29 is 0 Å². The molecule has 2 N–H and O–H groups in total. The Balaban J connectivity index is 0.00000112. The van der Waals surface area contributed by atoms with Crippen LogP contribution < -0.4 is 5.73 Å². The van der Waals surface area contributed by atoms with Gasteiger partial charge in [-0.15, -0.1) is 24.8 Å². The number of hydrogen-bond donors (Lipinski definition) is 1. The van der Waals surface area contributed by atoms with E-state index >= 15 is 0 Å². The summed E-state index contributed by atoms with van der Waals surface area (Å²) in [6.45, 7) is 0.487. The van der Waals surface area contributed by atoms with Gasteiger partial charge in [0.2, 0.25) is 0 Å². The van der Waals surface area contributed by atoms with E-state index in [2.05, 4.69) is 4.98 Å². The fraction of sp³-hybridized carbons (Fsp3) is 0.0833. The van der Waals surface area contributed by atoms with Crippen LogP contribution in [0.4, 0.5) is 0 Å². The number of aromatic nitrogens is 1. The third-order valence-electron chi connectivity index (χ3n) is 2.09. The largest absolute Gasteiger partial charge is 0.325 e. The summed E-state index contributed by atoms with van der Waals surface area (Å²) >= 11 is 0. The number of nitrogens with two attached hydrogens (primary N) is 1. The Hall–Kier alpha value is -1.09. The van der Waals surface area contributed by atoms with E-state index in [1.807, 2.05) is 48.5 Å². The van der Waals surface area contributed by atoms with E-state index in [0.29, 0.717) is 6.54 Å². The predicted octanol–water partition coefficient (Wildman–Crippen LogP) is 3.05. The van der Waals surface area contributed by atoms with E-state index in [9.17, 15) is 0 Å². The van der Waals surface area contributed by atoms with Crippen molar-refractivity contribution in [2.24, 2.45) is 5.73 Å². The fourth-order valence-corrected chi connectivity index (χ4v) is 1.36. The molecule has 0 aliphatic heterocycles. The molecule has 0 fully saturated rings. The van der Waals surface area contributed by atoms with Crippen molar-refractivity contribution in [1.82, 2.24) is 4.98 Å². The average Bonchev–Trinajstić information content (AvgIpc) is 2.30. The lowest BCUT2D eigenvalue weighted by Crippen LogP contribution is -1.99. The summed E-state index contributed by atoms with van der Waals surface area (Å²) in [6, 6.07) is 16.0. The maximum Gasteiger partial charge on any atom is 0.0705 e. The van der Waals surface area contributed by atoms with E-state index in [1.54, 1.807) is 0 Å². The molecule has 2 rings (SSSR count). The molecule has 0 unspecified atom stereocenters. The molecular weight excluding hydrogens is 243 g/mol. The molecule has 1 aromatic heterocycles. The van der Waals surface area contributed by atoms with Gasteiger partial charge in [0.1, 0.15) is 0 Å². The molecule has 0 bridgehead atoms. The van der Waals surface area contributed by atoms with Crippen LogP contribution in [0.1, 0.15) is 5.69 Å². The average molecular weight is 257 g/mol. The Morgan fingerprint density at radius 3 is 2.19 bits per heavy atom. The number of nitrogens with zero attached hydrogens (tertiary/aromatic N) is 1. The molecule has 0 atom stereocenters. The maximum absolute atomic E-state index is 5.53. The molecule has 4 heteroatoms. The highest BCUT2D eigenvalue weighted by molar-refractivity contribution is 5.85. The van der Waals surface area contributed by atoms with Crippen molar-refractivity contribution in [1.29, 1.82) is 0 Å². The van der Waals surface area contributed by atoms with Gasteiger partial charge in [0.15, 0.2) is 0 Å². The predicted molar refractivity (Wildman–Crippen MR) is 72.1 cm³/mol. The van der Waals surface area contributed by atoms with Gasteiger partial charge in [0.25, 0.3) is 0 Å². The van der Waals surface area contributed by atoms with Gasteiger partial charge in [-0.25, -0.2) is 0 Å². The Morgan fingerprint density at radius 2 is 1.56 bits per heavy atom. The molecule has 0 radical (unpaired) electrons. The van der Waals surface area contributed by atoms with Gasteiger partial charge in [-0.3, -0.25) is 4.98 Å². The summed E-state index contributed by atoms with van der Waals surface area (Å²) in [7, 11) is 0. The second-order valence-electron chi connectivity index (χ2n) is 3.08. The number of hydrogen-bond acceptors (Lipinski definition) is 2. The molecule has 0 saturated carbocycles. The molecular formula is C12H14Cl2N2. The fourth-order valence-electron chi connectivity index (χ4n) is 1.36. The second kappa shape index (κ2) is 7.23. The third kappa shape index (κ3) is 3.49. The van der Waals surface area contributed by atoms with Crippen molar-refractivity contribution in [3.05, 3.63) is 54.2 Å². The van der Waals surface area contributed by atoms with Gasteiger partial charge in [0, 0.05) is 12.1 Å². The summed E-state index contributed by atoms with van der Waals surface area (Å²) in [6.07, 6.45) is 0. The van der Waals surface area contributed by atoms with E-state index in [0.717, 1.165) is 17.0 Å². The summed E-state index contributed by atoms with van der Waals surface area (Å²) in [4.78, 5) is 4.44. The standard InChI is InChI=1S/C12H12N2.2ClH/c13-9-11-7-4-8-12(14-11)10-5-2-1-3-6-10;;/h1-8H,9,13H2;2*1H. The second-order valence-corrected chi connectivity index (χ2v) is 3.08. The molecule has 1 aromatic carbocycles. The van der Waals surface area contributed by atoms with Gasteiger partial charge in [-0.2, -0.15) is 0 Å². The van der Waals surface area contributed by atoms with Gasteiger partial charge < -0.3 is 5.73 Å². The zero-order chi connectivity index (χ0) is 9.80. The smallest absolute Gasteiger partial charge is 0.0705 e. The highest BCUT2D eigenvalue weighted by Crippen LogP contribution is 2.15. The van der Waals surface area contributed by atoms with Crippen LogP contribution in [-0.4, -0.2) is 4.98 Å². The molecule has 0 aliphatic rings. The lowest BCUT2D eigenvalue weighted by molar-refractivity contribution is 0.994. The Morgan fingerprint density at radius 1 is 0.875 bits per heavy atom. The monoisotopic (exact) mass is 256 g/mol. The van der Waals surface area contributed by atoms with Crippen LogP contribution >= 0.6 is 24.8 Å². The van der Waals surface area contributed by atoms with Crippen LogP contribution in [0.15, 0.2) is 48.5 Å². The first-order valence-electron chi connectivity index (χ1n) is 4.61. The van der Waals surface area contributed by atoms with Gasteiger partial charge in [0.05, 0.1) is 11.4 Å². The number of halogens is 2. The van der Waals surface area contributed by atoms with Crippen molar-refractivity contribution in [2.75, 3.05) is 0 Å². The van der Waals surface area contributed by atoms with Gasteiger partial charge >= 0.3 is 0 Å². The lowest BCUT2D eigenvalue weighted by atomic mass is 10.1. The molecule has 1 heterocycles. The van der Waals surface area contributed by atoms with Crippen LogP contribution in [0.5, 0.6) is 0 Å². The first-order chi connectivity index (χ1) is 6.90.